The van der Waals surface area contributed by atoms with Gasteiger partial charge in [-0.05, 0) is 24.6 Å². The van der Waals surface area contributed by atoms with Crippen LogP contribution < -0.4 is 5.73 Å². The molecular weight excluding hydrogens is 216 g/mol. The largest absolute Gasteiger partial charge is 0.399 e. The second-order valence-corrected chi connectivity index (χ2v) is 4.43. The lowest BCUT2D eigenvalue weighted by molar-refractivity contribution is -0.138. The summed E-state index contributed by atoms with van der Waals surface area (Å²) in [7, 11) is 0. The van der Waals surface area contributed by atoms with Gasteiger partial charge in [0.15, 0.2) is 0 Å². The Kier molecular flexibility index (Phi) is 3.64. The molecule has 92 valence electrons. The highest BCUT2D eigenvalue weighted by atomic mass is 16.5. The Morgan fingerprint density at radius 2 is 2.18 bits per heavy atom. The van der Waals surface area contributed by atoms with Crippen molar-refractivity contribution in [3.05, 3.63) is 29.8 Å². The van der Waals surface area contributed by atoms with E-state index < -0.39 is 0 Å². The molecule has 1 atom stereocenters. The summed E-state index contributed by atoms with van der Waals surface area (Å²) in [6, 6.07) is 7.62. The number of ether oxygens (including phenoxy) is 1. The van der Waals surface area contributed by atoms with Crippen LogP contribution >= 0.6 is 0 Å². The minimum Gasteiger partial charge on any atom is -0.399 e. The second-order valence-electron chi connectivity index (χ2n) is 4.43. The Hall–Kier alpha value is -1.55. The number of carbonyl (C=O) groups is 1. The predicted octanol–water partition coefficient (Wildman–Crippen LogP) is 1.06. The summed E-state index contributed by atoms with van der Waals surface area (Å²) in [5, 5.41) is 0. The molecule has 1 amide bonds. The predicted molar refractivity (Wildman–Crippen MR) is 66.6 cm³/mol. The zero-order chi connectivity index (χ0) is 12.3. The molecule has 1 saturated heterocycles. The summed E-state index contributed by atoms with van der Waals surface area (Å²) in [4.78, 5) is 14.0. The van der Waals surface area contributed by atoms with E-state index in [1.807, 2.05) is 36.1 Å². The summed E-state index contributed by atoms with van der Waals surface area (Å²) in [5.74, 6) is 0.158. The van der Waals surface area contributed by atoms with Crippen molar-refractivity contribution >= 4 is 11.6 Å². The SMILES string of the molecule is CC1COCCN1C(=O)Cc1ccc(N)cc1. The van der Waals surface area contributed by atoms with Crippen LogP contribution in [-0.4, -0.2) is 36.6 Å². The van der Waals surface area contributed by atoms with Gasteiger partial charge in [0.2, 0.25) is 5.91 Å². The molecule has 1 heterocycles. The van der Waals surface area contributed by atoms with Crippen LogP contribution in [0, 0.1) is 0 Å². The first-order valence-electron chi connectivity index (χ1n) is 5.88. The first kappa shape index (κ1) is 11.9. The molecule has 1 unspecified atom stereocenters. The molecule has 2 rings (SSSR count). The summed E-state index contributed by atoms with van der Waals surface area (Å²) < 4.78 is 5.32. The van der Waals surface area contributed by atoms with Gasteiger partial charge in [0, 0.05) is 12.2 Å². The third kappa shape index (κ3) is 2.97. The first-order valence-corrected chi connectivity index (χ1v) is 5.88. The van der Waals surface area contributed by atoms with Gasteiger partial charge in [0.05, 0.1) is 25.7 Å². The fourth-order valence-electron chi connectivity index (χ4n) is 2.01. The van der Waals surface area contributed by atoms with Gasteiger partial charge in [-0.25, -0.2) is 0 Å². The van der Waals surface area contributed by atoms with Crippen LogP contribution in [0.25, 0.3) is 0 Å². The quantitative estimate of drug-likeness (QED) is 0.778. The normalized spacial score (nSPS) is 20.3. The number of hydrogen-bond acceptors (Lipinski definition) is 3. The van der Waals surface area contributed by atoms with Crippen molar-refractivity contribution in [1.29, 1.82) is 0 Å². The number of hydrogen-bond donors (Lipinski definition) is 1. The van der Waals surface area contributed by atoms with Gasteiger partial charge in [0.1, 0.15) is 0 Å². The lowest BCUT2D eigenvalue weighted by atomic mass is 10.1. The van der Waals surface area contributed by atoms with E-state index in [4.69, 9.17) is 10.5 Å². The van der Waals surface area contributed by atoms with Crippen LogP contribution in [0.4, 0.5) is 5.69 Å². The van der Waals surface area contributed by atoms with Crippen molar-refractivity contribution in [3.63, 3.8) is 0 Å². The number of anilines is 1. The number of nitrogen functional groups attached to an aromatic ring is 1. The van der Waals surface area contributed by atoms with Crippen molar-refractivity contribution in [2.24, 2.45) is 0 Å². The fraction of sp³-hybridized carbons (Fsp3) is 0.462. The molecule has 1 aromatic rings. The van der Waals surface area contributed by atoms with Crippen molar-refractivity contribution in [3.8, 4) is 0 Å². The summed E-state index contributed by atoms with van der Waals surface area (Å²) >= 11 is 0. The number of rotatable bonds is 2. The van der Waals surface area contributed by atoms with Crippen LogP contribution in [0.1, 0.15) is 12.5 Å². The zero-order valence-electron chi connectivity index (χ0n) is 10.1. The van der Waals surface area contributed by atoms with Gasteiger partial charge in [0.25, 0.3) is 0 Å². The molecule has 4 heteroatoms. The van der Waals surface area contributed by atoms with Gasteiger partial charge in [-0.3, -0.25) is 4.79 Å². The Labute approximate surface area is 101 Å². The molecule has 17 heavy (non-hydrogen) atoms. The Morgan fingerprint density at radius 1 is 1.47 bits per heavy atom. The van der Waals surface area contributed by atoms with Gasteiger partial charge in [-0.1, -0.05) is 12.1 Å². The Balaban J connectivity index is 1.98. The summed E-state index contributed by atoms with van der Waals surface area (Å²) in [6.07, 6.45) is 0.435. The molecule has 1 aliphatic heterocycles. The zero-order valence-corrected chi connectivity index (χ0v) is 10.1. The highest BCUT2D eigenvalue weighted by molar-refractivity contribution is 5.79. The molecule has 2 N–H and O–H groups in total. The summed E-state index contributed by atoms with van der Waals surface area (Å²) in [5.41, 5.74) is 7.34. The third-order valence-electron chi connectivity index (χ3n) is 3.02. The number of amides is 1. The highest BCUT2D eigenvalue weighted by Crippen LogP contribution is 2.11. The number of benzene rings is 1. The number of nitrogens with zero attached hydrogens (tertiary/aromatic N) is 1. The van der Waals surface area contributed by atoms with Crippen molar-refractivity contribution < 1.29 is 9.53 Å². The molecule has 0 radical (unpaired) electrons. The lowest BCUT2D eigenvalue weighted by Gasteiger charge is -2.33. The average Bonchev–Trinajstić information content (AvgIpc) is 2.32. The van der Waals surface area contributed by atoms with Crippen LogP contribution in [-0.2, 0) is 16.0 Å². The van der Waals surface area contributed by atoms with E-state index >= 15 is 0 Å². The number of nitrogens with two attached hydrogens (primary N) is 1. The van der Waals surface area contributed by atoms with E-state index in [-0.39, 0.29) is 11.9 Å². The second kappa shape index (κ2) is 5.19. The molecule has 0 saturated carbocycles. The van der Waals surface area contributed by atoms with Crippen molar-refractivity contribution in [1.82, 2.24) is 4.90 Å². The van der Waals surface area contributed by atoms with E-state index in [1.54, 1.807) is 0 Å². The maximum atomic E-state index is 12.1. The maximum absolute atomic E-state index is 12.1. The third-order valence-corrected chi connectivity index (χ3v) is 3.02. The van der Waals surface area contributed by atoms with Crippen LogP contribution in [0.15, 0.2) is 24.3 Å². The van der Waals surface area contributed by atoms with E-state index in [2.05, 4.69) is 0 Å². The molecule has 0 bridgehead atoms. The minimum atomic E-state index is 0.158. The van der Waals surface area contributed by atoms with Crippen LogP contribution in [0.3, 0.4) is 0 Å². The maximum Gasteiger partial charge on any atom is 0.227 e. The van der Waals surface area contributed by atoms with Gasteiger partial charge >= 0.3 is 0 Å². The minimum absolute atomic E-state index is 0.158. The molecule has 1 aliphatic rings. The molecule has 1 fully saturated rings. The van der Waals surface area contributed by atoms with E-state index in [1.165, 1.54) is 0 Å². The molecule has 0 spiro atoms. The van der Waals surface area contributed by atoms with Gasteiger partial charge < -0.3 is 15.4 Å². The molecule has 0 aromatic heterocycles. The van der Waals surface area contributed by atoms with E-state index in [0.717, 1.165) is 11.3 Å². The van der Waals surface area contributed by atoms with Crippen molar-refractivity contribution in [2.45, 2.75) is 19.4 Å². The summed E-state index contributed by atoms with van der Waals surface area (Å²) in [6.45, 7) is 3.97. The number of carbonyl (C=O) groups excluding carboxylic acids is 1. The van der Waals surface area contributed by atoms with E-state index in [9.17, 15) is 4.79 Å². The van der Waals surface area contributed by atoms with Gasteiger partial charge in [-0.2, -0.15) is 0 Å². The van der Waals surface area contributed by atoms with Crippen LogP contribution in [0.5, 0.6) is 0 Å². The molecule has 1 aromatic carbocycles. The standard InChI is InChI=1S/C13H18N2O2/c1-10-9-17-7-6-15(10)13(16)8-11-2-4-12(14)5-3-11/h2-5,10H,6-9,14H2,1H3. The Bertz CT molecular complexity index is 389. The topological polar surface area (TPSA) is 55.6 Å². The lowest BCUT2D eigenvalue weighted by Crippen LogP contribution is -2.47. The van der Waals surface area contributed by atoms with Gasteiger partial charge in [-0.15, -0.1) is 0 Å². The van der Waals surface area contributed by atoms with Crippen molar-refractivity contribution in [2.75, 3.05) is 25.5 Å². The average molecular weight is 234 g/mol. The first-order chi connectivity index (χ1) is 8.16. The smallest absolute Gasteiger partial charge is 0.227 e. The fourth-order valence-corrected chi connectivity index (χ4v) is 2.01. The highest BCUT2D eigenvalue weighted by Gasteiger charge is 2.23. The van der Waals surface area contributed by atoms with Crippen LogP contribution in [0.2, 0.25) is 0 Å². The molecular formula is C13H18N2O2. The Morgan fingerprint density at radius 3 is 2.82 bits per heavy atom. The molecule has 0 aliphatic carbocycles. The van der Waals surface area contributed by atoms with E-state index in [0.29, 0.717) is 26.2 Å². The number of morpholine rings is 1. The monoisotopic (exact) mass is 234 g/mol. The molecule has 4 nitrogen and oxygen atoms in total.